The van der Waals surface area contributed by atoms with Crippen LogP contribution in [0.5, 0.6) is 0 Å². The lowest BCUT2D eigenvalue weighted by atomic mass is 10.1. The molecule has 2 aromatic heterocycles. The highest BCUT2D eigenvalue weighted by Crippen LogP contribution is 2.31. The van der Waals surface area contributed by atoms with Gasteiger partial charge in [-0.2, -0.15) is 4.39 Å². The molecule has 0 radical (unpaired) electrons. The van der Waals surface area contributed by atoms with Crippen LogP contribution >= 0.6 is 11.8 Å². The van der Waals surface area contributed by atoms with Gasteiger partial charge in [-0.3, -0.25) is 24.5 Å². The maximum atomic E-state index is 13.6. The van der Waals surface area contributed by atoms with Crippen molar-refractivity contribution in [2.24, 2.45) is 0 Å². The van der Waals surface area contributed by atoms with Gasteiger partial charge in [-0.25, -0.2) is 0 Å². The Bertz CT molecular complexity index is 1410. The van der Waals surface area contributed by atoms with Crippen LogP contribution in [0.2, 0.25) is 0 Å². The van der Waals surface area contributed by atoms with Crippen LogP contribution in [0.15, 0.2) is 66.1 Å². The zero-order valence-corrected chi connectivity index (χ0v) is 19.9. The largest absolute Gasteiger partial charge is 0.325 e. The van der Waals surface area contributed by atoms with Crippen molar-refractivity contribution < 1.29 is 14.1 Å². The molecule has 1 amide bonds. The number of pyridine rings is 1. The monoisotopic (exact) mass is 492 g/mol. The molecule has 0 spiro atoms. The van der Waals surface area contributed by atoms with E-state index in [0.717, 1.165) is 34.5 Å². The third-order valence-electron chi connectivity index (χ3n) is 5.38. The van der Waals surface area contributed by atoms with E-state index in [4.69, 9.17) is 0 Å². The molecule has 178 valence electrons. The number of hydrogen-bond donors (Lipinski definition) is 1. The van der Waals surface area contributed by atoms with Crippen LogP contribution in [-0.4, -0.2) is 35.8 Å². The average Bonchev–Trinajstić information content (AvgIpc) is 3.25. The maximum Gasteiger partial charge on any atom is 0.306 e. The summed E-state index contributed by atoms with van der Waals surface area (Å²) in [7, 11) is 0. The quantitative estimate of drug-likeness (QED) is 0.216. The summed E-state index contributed by atoms with van der Waals surface area (Å²) < 4.78 is 15.5. The molecule has 2 aromatic carbocycles. The van der Waals surface area contributed by atoms with Crippen molar-refractivity contribution in [1.82, 2.24) is 19.7 Å². The molecule has 4 rings (SSSR count). The topological polar surface area (TPSA) is 116 Å². The summed E-state index contributed by atoms with van der Waals surface area (Å²) in [5.41, 5.74) is 3.31. The summed E-state index contributed by atoms with van der Waals surface area (Å²) in [5, 5.41) is 22.2. The first-order valence-corrected chi connectivity index (χ1v) is 11.5. The van der Waals surface area contributed by atoms with Gasteiger partial charge in [-0.1, -0.05) is 17.8 Å². The minimum Gasteiger partial charge on any atom is -0.325 e. The van der Waals surface area contributed by atoms with Crippen LogP contribution in [0.1, 0.15) is 18.1 Å². The van der Waals surface area contributed by atoms with Gasteiger partial charge in [0.1, 0.15) is 0 Å². The molecule has 2 heterocycles. The molecule has 0 aliphatic heterocycles. The number of thioether (sulfide) groups is 1. The molecule has 0 saturated heterocycles. The summed E-state index contributed by atoms with van der Waals surface area (Å²) in [6, 6.07) is 12.9. The number of amides is 1. The number of nitrogens with zero attached hydrogens (tertiary/aromatic N) is 5. The number of nitro benzene ring substituents is 1. The Balaban J connectivity index is 1.64. The van der Waals surface area contributed by atoms with Crippen molar-refractivity contribution in [3.05, 3.63) is 88.0 Å². The lowest BCUT2D eigenvalue weighted by Crippen LogP contribution is -2.23. The number of aromatic nitrogens is 4. The number of anilines is 1. The number of nitro groups is 1. The van der Waals surface area contributed by atoms with E-state index in [1.54, 1.807) is 19.3 Å². The Kier molecular flexibility index (Phi) is 6.87. The van der Waals surface area contributed by atoms with E-state index in [-0.39, 0.29) is 5.69 Å². The standard InChI is InChI=1S/C24H21FN6O3S/c1-14-4-6-19(12-15(14)2)30-22(17-8-10-26-11-9-17)28-29-24(30)35-16(3)23(32)27-18-5-7-20(25)21(13-18)31(33)34/h4-13,16H,1-3H3,(H,27,32). The molecule has 0 saturated carbocycles. The van der Waals surface area contributed by atoms with E-state index >= 15 is 0 Å². The van der Waals surface area contributed by atoms with Crippen LogP contribution in [0.3, 0.4) is 0 Å². The molecule has 35 heavy (non-hydrogen) atoms. The van der Waals surface area contributed by atoms with Crippen LogP contribution in [0.4, 0.5) is 15.8 Å². The van der Waals surface area contributed by atoms with Crippen molar-refractivity contribution in [3.63, 3.8) is 0 Å². The smallest absolute Gasteiger partial charge is 0.306 e. The van der Waals surface area contributed by atoms with E-state index in [2.05, 4.69) is 20.5 Å². The first kappa shape index (κ1) is 24.0. The zero-order valence-electron chi connectivity index (χ0n) is 19.1. The van der Waals surface area contributed by atoms with Crippen LogP contribution < -0.4 is 5.32 Å². The van der Waals surface area contributed by atoms with Crippen LogP contribution in [0.25, 0.3) is 17.1 Å². The van der Waals surface area contributed by atoms with Gasteiger partial charge >= 0.3 is 5.69 Å². The van der Waals surface area contributed by atoms with Gasteiger partial charge in [-0.15, -0.1) is 10.2 Å². The van der Waals surface area contributed by atoms with Crippen molar-refractivity contribution in [3.8, 4) is 17.1 Å². The fourth-order valence-corrected chi connectivity index (χ4v) is 4.18. The first-order chi connectivity index (χ1) is 16.7. The number of rotatable bonds is 7. The van der Waals surface area contributed by atoms with E-state index in [0.29, 0.717) is 11.0 Å². The molecular formula is C24H21FN6O3S. The highest BCUT2D eigenvalue weighted by Gasteiger charge is 2.23. The number of carbonyl (C=O) groups is 1. The molecule has 0 aliphatic carbocycles. The number of benzene rings is 2. The first-order valence-electron chi connectivity index (χ1n) is 10.6. The van der Waals surface area contributed by atoms with Crippen molar-refractivity contribution in [2.45, 2.75) is 31.2 Å². The predicted molar refractivity (Wildman–Crippen MR) is 131 cm³/mol. The Morgan fingerprint density at radius 2 is 1.83 bits per heavy atom. The Morgan fingerprint density at radius 1 is 1.09 bits per heavy atom. The third kappa shape index (κ3) is 5.19. The second-order valence-electron chi connectivity index (χ2n) is 7.82. The van der Waals surface area contributed by atoms with Gasteiger partial charge in [0.25, 0.3) is 0 Å². The van der Waals surface area contributed by atoms with Crippen molar-refractivity contribution >= 4 is 29.0 Å². The fourth-order valence-electron chi connectivity index (χ4n) is 3.32. The van der Waals surface area contributed by atoms with E-state index < -0.39 is 27.6 Å². The number of aryl methyl sites for hydroxylation is 2. The van der Waals surface area contributed by atoms with E-state index in [1.165, 1.54) is 17.8 Å². The summed E-state index contributed by atoms with van der Waals surface area (Å²) in [6.45, 7) is 5.72. The lowest BCUT2D eigenvalue weighted by molar-refractivity contribution is -0.387. The molecule has 0 aliphatic rings. The summed E-state index contributed by atoms with van der Waals surface area (Å²) in [6.07, 6.45) is 3.33. The van der Waals surface area contributed by atoms with E-state index in [9.17, 15) is 19.3 Å². The van der Waals surface area contributed by atoms with Crippen molar-refractivity contribution in [1.29, 1.82) is 0 Å². The normalized spacial score (nSPS) is 11.8. The Morgan fingerprint density at radius 3 is 2.51 bits per heavy atom. The van der Waals surface area contributed by atoms with Crippen LogP contribution in [-0.2, 0) is 4.79 Å². The van der Waals surface area contributed by atoms with Gasteiger partial charge < -0.3 is 5.32 Å². The fraction of sp³-hybridized carbons (Fsp3) is 0.167. The second kappa shape index (κ2) is 10.0. The molecule has 1 atom stereocenters. The third-order valence-corrected chi connectivity index (χ3v) is 6.43. The number of nitrogens with one attached hydrogen (secondary N) is 1. The van der Waals surface area contributed by atoms with Gasteiger partial charge in [-0.05, 0) is 68.3 Å². The number of carbonyl (C=O) groups excluding carboxylic acids is 1. The van der Waals surface area contributed by atoms with Crippen molar-refractivity contribution in [2.75, 3.05) is 5.32 Å². The SMILES string of the molecule is Cc1ccc(-n2c(SC(C)C(=O)Nc3ccc(F)c([N+](=O)[O-])c3)nnc2-c2ccncc2)cc1C. The van der Waals surface area contributed by atoms with Gasteiger partial charge in [0, 0.05) is 29.7 Å². The highest BCUT2D eigenvalue weighted by molar-refractivity contribution is 8.00. The Labute approximate surface area is 204 Å². The lowest BCUT2D eigenvalue weighted by Gasteiger charge is -2.15. The molecule has 1 unspecified atom stereocenters. The number of halogens is 1. The van der Waals surface area contributed by atoms with E-state index in [1.807, 2.05) is 48.7 Å². The van der Waals surface area contributed by atoms with Gasteiger partial charge in [0.05, 0.1) is 15.9 Å². The maximum absolute atomic E-state index is 13.6. The molecular weight excluding hydrogens is 471 g/mol. The minimum absolute atomic E-state index is 0.128. The minimum atomic E-state index is -0.972. The molecule has 0 bridgehead atoms. The summed E-state index contributed by atoms with van der Waals surface area (Å²) >= 11 is 1.19. The second-order valence-corrected chi connectivity index (χ2v) is 9.13. The molecule has 1 N–H and O–H groups in total. The molecule has 0 fully saturated rings. The highest BCUT2D eigenvalue weighted by atomic mass is 32.2. The van der Waals surface area contributed by atoms with Gasteiger partial charge in [0.15, 0.2) is 11.0 Å². The molecule has 9 nitrogen and oxygen atoms in total. The summed E-state index contributed by atoms with van der Waals surface area (Å²) in [5.74, 6) is -0.795. The van der Waals surface area contributed by atoms with Gasteiger partial charge in [0.2, 0.25) is 11.7 Å². The van der Waals surface area contributed by atoms with Crippen LogP contribution in [0, 0.1) is 29.8 Å². The molecule has 11 heteroatoms. The molecule has 4 aromatic rings. The zero-order chi connectivity index (χ0) is 25.1. The summed E-state index contributed by atoms with van der Waals surface area (Å²) in [4.78, 5) is 27.1. The number of hydrogen-bond acceptors (Lipinski definition) is 7. The average molecular weight is 493 g/mol. The predicted octanol–water partition coefficient (Wildman–Crippen LogP) is 5.11. The Hall–Kier alpha value is -4.12.